The zero-order chi connectivity index (χ0) is 17.0. The Kier molecular flexibility index (Phi) is 5.89. The van der Waals surface area contributed by atoms with Crippen molar-refractivity contribution in [2.75, 3.05) is 26.2 Å². The number of rotatable bonds is 4. The Morgan fingerprint density at radius 2 is 2.26 bits per heavy atom. The van der Waals surface area contributed by atoms with Gasteiger partial charge < -0.3 is 15.4 Å². The van der Waals surface area contributed by atoms with Crippen LogP contribution in [-0.2, 0) is 9.53 Å². The second kappa shape index (κ2) is 7.51. The summed E-state index contributed by atoms with van der Waals surface area (Å²) in [7, 11) is 0. The molecule has 1 aliphatic heterocycles. The highest BCUT2D eigenvalue weighted by atomic mass is 35.5. The summed E-state index contributed by atoms with van der Waals surface area (Å²) in [5.41, 5.74) is 0.554. The fourth-order valence-corrected chi connectivity index (χ4v) is 2.52. The number of nitrogens with one attached hydrogen (secondary N) is 2. The molecule has 128 valence electrons. The van der Waals surface area contributed by atoms with Crippen LogP contribution in [0.4, 0.5) is 13.2 Å². The summed E-state index contributed by atoms with van der Waals surface area (Å²) in [5.74, 6) is -5.68. The van der Waals surface area contributed by atoms with E-state index in [1.165, 1.54) is 12.1 Å². The lowest BCUT2D eigenvalue weighted by molar-refractivity contribution is -0.143. The van der Waals surface area contributed by atoms with Crippen molar-refractivity contribution in [1.82, 2.24) is 10.6 Å². The van der Waals surface area contributed by atoms with Gasteiger partial charge in [-0.25, -0.2) is 4.39 Å². The minimum atomic E-state index is -3.44. The normalized spacial score (nSPS) is 22.5. The molecule has 8 heteroatoms. The smallest absolute Gasteiger partial charge is 0.321 e. The van der Waals surface area contributed by atoms with Gasteiger partial charge in [0, 0.05) is 32.5 Å². The first-order valence-electron chi connectivity index (χ1n) is 7.22. The number of amides is 1. The van der Waals surface area contributed by atoms with Crippen LogP contribution in [0.1, 0.15) is 18.6 Å². The number of ether oxygens (including phenoxy) is 1. The monoisotopic (exact) mass is 350 g/mol. The van der Waals surface area contributed by atoms with Crippen LogP contribution < -0.4 is 10.6 Å². The van der Waals surface area contributed by atoms with Crippen molar-refractivity contribution >= 4 is 17.5 Å². The third kappa shape index (κ3) is 4.83. The van der Waals surface area contributed by atoms with Gasteiger partial charge in [0.1, 0.15) is 5.82 Å². The molecule has 1 fully saturated rings. The predicted molar refractivity (Wildman–Crippen MR) is 80.1 cm³/mol. The van der Waals surface area contributed by atoms with Gasteiger partial charge in [-0.2, -0.15) is 8.78 Å². The van der Waals surface area contributed by atoms with Crippen molar-refractivity contribution < 1.29 is 22.7 Å². The van der Waals surface area contributed by atoms with Crippen molar-refractivity contribution in [3.8, 4) is 0 Å². The highest BCUT2D eigenvalue weighted by molar-refractivity contribution is 6.30. The lowest BCUT2D eigenvalue weighted by Gasteiger charge is -2.26. The Balaban J connectivity index is 2.13. The third-order valence-electron chi connectivity index (χ3n) is 3.61. The fourth-order valence-electron chi connectivity index (χ4n) is 2.40. The maximum absolute atomic E-state index is 13.7. The zero-order valence-electron chi connectivity index (χ0n) is 12.5. The summed E-state index contributed by atoms with van der Waals surface area (Å²) < 4.78 is 45.3. The molecule has 0 bridgehead atoms. The summed E-state index contributed by atoms with van der Waals surface area (Å²) in [4.78, 5) is 11.3. The molecule has 4 nitrogen and oxygen atoms in total. The largest absolute Gasteiger partial charge is 0.372 e. The van der Waals surface area contributed by atoms with E-state index in [1.807, 2.05) is 0 Å². The van der Waals surface area contributed by atoms with E-state index in [1.54, 1.807) is 6.07 Å². The number of halogens is 4. The minimum Gasteiger partial charge on any atom is -0.372 e. The fraction of sp³-hybridized carbons (Fsp3) is 0.533. The molecule has 2 N–H and O–H groups in total. The molecule has 0 aliphatic carbocycles. The third-order valence-corrected chi connectivity index (χ3v) is 3.91. The molecular weight excluding hydrogens is 333 g/mol. The van der Waals surface area contributed by atoms with Crippen LogP contribution in [-0.4, -0.2) is 38.1 Å². The second-order valence-electron chi connectivity index (χ2n) is 5.53. The van der Waals surface area contributed by atoms with Gasteiger partial charge in [-0.15, -0.1) is 0 Å². The molecule has 1 aromatic carbocycles. The molecule has 1 heterocycles. The predicted octanol–water partition coefficient (Wildman–Crippen LogP) is 2.53. The van der Waals surface area contributed by atoms with Crippen molar-refractivity contribution in [3.05, 3.63) is 34.6 Å². The van der Waals surface area contributed by atoms with Crippen LogP contribution in [0.15, 0.2) is 18.2 Å². The molecule has 1 saturated heterocycles. The first-order valence-corrected chi connectivity index (χ1v) is 7.60. The van der Waals surface area contributed by atoms with Crippen LogP contribution in [0.5, 0.6) is 0 Å². The molecule has 2 atom stereocenters. The van der Waals surface area contributed by atoms with Crippen LogP contribution in [0, 0.1) is 11.7 Å². The molecule has 2 rings (SSSR count). The second-order valence-corrected chi connectivity index (χ2v) is 5.93. The lowest BCUT2D eigenvalue weighted by Crippen LogP contribution is -2.43. The Morgan fingerprint density at radius 3 is 2.91 bits per heavy atom. The lowest BCUT2D eigenvalue weighted by atomic mass is 9.95. The van der Waals surface area contributed by atoms with Gasteiger partial charge in [0.05, 0.1) is 17.7 Å². The number of alkyl halides is 2. The summed E-state index contributed by atoms with van der Waals surface area (Å²) in [6.45, 7) is 1.95. The van der Waals surface area contributed by atoms with Gasteiger partial charge in [-0.05, 0) is 17.7 Å². The van der Waals surface area contributed by atoms with Crippen molar-refractivity contribution in [2.45, 2.75) is 19.0 Å². The first kappa shape index (κ1) is 18.0. The van der Waals surface area contributed by atoms with E-state index in [2.05, 4.69) is 10.6 Å². The highest BCUT2D eigenvalue weighted by Crippen LogP contribution is 2.29. The van der Waals surface area contributed by atoms with E-state index < -0.39 is 23.8 Å². The number of carbonyl (C=O) groups is 1. The molecule has 0 radical (unpaired) electrons. The zero-order valence-corrected chi connectivity index (χ0v) is 13.3. The molecular formula is C15H18ClF3N2O2. The summed E-state index contributed by atoms with van der Waals surface area (Å²) >= 11 is 5.67. The van der Waals surface area contributed by atoms with Crippen molar-refractivity contribution in [3.63, 3.8) is 0 Å². The molecule has 23 heavy (non-hydrogen) atoms. The van der Waals surface area contributed by atoms with E-state index >= 15 is 0 Å². The van der Waals surface area contributed by atoms with Crippen LogP contribution in [0.25, 0.3) is 0 Å². The average Bonchev–Trinajstić information content (AvgIpc) is 2.72. The standard InChI is InChI=1S/C15H18ClF3N2O2/c1-15(18,19)14(22)21-8-10-7-20-4-5-23-13(10)9-2-3-11(16)12(17)6-9/h2-3,6,10,13,20H,4-5,7-8H2,1H3,(H,21,22)/t10-,13-/m0/s1. The van der Waals surface area contributed by atoms with E-state index in [0.717, 1.165) is 0 Å². The number of hydrogen-bond acceptors (Lipinski definition) is 3. The molecule has 0 unspecified atom stereocenters. The van der Waals surface area contributed by atoms with E-state index in [4.69, 9.17) is 16.3 Å². The first-order chi connectivity index (χ1) is 10.8. The molecule has 0 saturated carbocycles. The molecule has 1 aliphatic rings. The Bertz CT molecular complexity index is 566. The van der Waals surface area contributed by atoms with Gasteiger partial charge in [0.15, 0.2) is 0 Å². The van der Waals surface area contributed by atoms with Gasteiger partial charge in [0.2, 0.25) is 0 Å². The summed E-state index contributed by atoms with van der Waals surface area (Å²) in [6, 6.07) is 4.32. The topological polar surface area (TPSA) is 50.4 Å². The van der Waals surface area contributed by atoms with E-state index in [9.17, 15) is 18.0 Å². The Hall–Kier alpha value is -1.31. The van der Waals surface area contributed by atoms with E-state index in [0.29, 0.717) is 32.2 Å². The highest BCUT2D eigenvalue weighted by Gasteiger charge is 2.34. The number of hydrogen-bond donors (Lipinski definition) is 2. The summed E-state index contributed by atoms with van der Waals surface area (Å²) in [5, 5.41) is 5.32. The van der Waals surface area contributed by atoms with Crippen LogP contribution in [0.2, 0.25) is 5.02 Å². The SMILES string of the molecule is CC(F)(F)C(=O)NC[C@@H]1CNCCO[C@H]1c1ccc(Cl)c(F)c1. The van der Waals surface area contributed by atoms with Gasteiger partial charge in [-0.3, -0.25) is 4.79 Å². The maximum Gasteiger partial charge on any atom is 0.321 e. The number of carbonyl (C=O) groups excluding carboxylic acids is 1. The molecule has 0 spiro atoms. The Labute approximate surface area is 137 Å². The maximum atomic E-state index is 13.7. The van der Waals surface area contributed by atoms with Crippen LogP contribution in [0.3, 0.4) is 0 Å². The van der Waals surface area contributed by atoms with Crippen molar-refractivity contribution in [2.24, 2.45) is 5.92 Å². The van der Waals surface area contributed by atoms with Gasteiger partial charge >= 0.3 is 5.92 Å². The van der Waals surface area contributed by atoms with E-state index in [-0.39, 0.29) is 17.5 Å². The number of benzene rings is 1. The minimum absolute atomic E-state index is 0.00373. The average molecular weight is 351 g/mol. The Morgan fingerprint density at radius 1 is 1.52 bits per heavy atom. The molecule has 1 amide bonds. The van der Waals surface area contributed by atoms with Crippen LogP contribution >= 0.6 is 11.6 Å². The van der Waals surface area contributed by atoms with Gasteiger partial charge in [-0.1, -0.05) is 17.7 Å². The van der Waals surface area contributed by atoms with Gasteiger partial charge in [0.25, 0.3) is 5.91 Å². The summed E-state index contributed by atoms with van der Waals surface area (Å²) in [6.07, 6.45) is -0.525. The molecule has 0 aromatic heterocycles. The quantitative estimate of drug-likeness (QED) is 0.877. The molecule has 1 aromatic rings. The van der Waals surface area contributed by atoms with Crippen molar-refractivity contribution in [1.29, 1.82) is 0 Å².